The van der Waals surface area contributed by atoms with Crippen LogP contribution in [0, 0.1) is 34.5 Å². The van der Waals surface area contributed by atoms with E-state index in [2.05, 4.69) is 0 Å². The fourth-order valence-corrected chi connectivity index (χ4v) is 13.6. The number of aliphatic hydroxyl groups is 3. The van der Waals surface area contributed by atoms with Crippen molar-refractivity contribution in [3.05, 3.63) is 133 Å². The van der Waals surface area contributed by atoms with Crippen molar-refractivity contribution >= 4 is 53.4 Å². The molecule has 0 unspecified atom stereocenters. The Bertz CT molecular complexity index is 2970. The van der Waals surface area contributed by atoms with Gasteiger partial charge in [0.05, 0.1) is 40.4 Å². The van der Waals surface area contributed by atoms with Crippen molar-refractivity contribution in [3.63, 3.8) is 0 Å². The smallest absolute Gasteiger partial charge is 0.319 e. The van der Waals surface area contributed by atoms with Crippen LogP contribution in [0.2, 0.25) is 0 Å². The summed E-state index contributed by atoms with van der Waals surface area (Å²) in [6.45, 7) is 3.05. The van der Waals surface area contributed by atoms with E-state index in [9.17, 15) is 46.2 Å². The van der Waals surface area contributed by atoms with E-state index in [0.29, 0.717) is 0 Å². The Labute approximate surface area is 438 Å². The number of carbonyl (C=O) groups excluding carboxylic acids is 4. The molecule has 10 atom stereocenters. The molecular weight excluding hydrogens is 1010 g/mol. The largest absolute Gasteiger partial charge is 0.457 e. The summed E-state index contributed by atoms with van der Waals surface area (Å²) in [5.41, 5.74) is -0.729. The molecule has 74 heavy (non-hydrogen) atoms. The molecule has 2 aliphatic heterocycles. The van der Waals surface area contributed by atoms with Crippen LogP contribution in [0.25, 0.3) is 22.3 Å². The molecule has 6 aliphatic rings. The van der Waals surface area contributed by atoms with E-state index in [1.807, 2.05) is 85.0 Å². The number of rotatable bonds is 14. The quantitative estimate of drug-likeness (QED) is 0.0464. The molecule has 2 saturated heterocycles. The third-order valence-corrected chi connectivity index (χ3v) is 18.8. The number of halogens is 1. The summed E-state index contributed by atoms with van der Waals surface area (Å²) in [6, 6.07) is 32.2. The number of ketones is 2. The Morgan fingerprint density at radius 3 is 1.36 bits per heavy atom. The summed E-state index contributed by atoms with van der Waals surface area (Å²) in [6.07, 6.45) is 11.6. The van der Waals surface area contributed by atoms with Crippen molar-refractivity contribution in [2.75, 3.05) is 13.2 Å². The standard InChI is InChI=1S/C28H30O7S.C16H22O5.C12H9ClO2S.CH4/c1-27-23(24(29)18-28(27,26(31)35-27)25(30)21-10-6-3-7-11-21)16-17-34-36(32,33)22-14-12-20(13-15-22)19-8-4-2-5-9-19;1-15-11(7-8-17)12(18)9-16(15,14(20)21-15)13(19)10-5-3-2-4-6-10;13-16(14,15)12-8-6-11(7-9-12)10-4-2-1-3-5-10;/h2,4-6,8-10,12-15,21,23,25,30H,3,7,11,16-18H2,1H3;3,5,10-11,13,17,19H,2,4,6-9H2,1H3;1-9H;1H4/t21-,23+,25+,27+,28-;10-,11+,13+,15+,16-;;/m11../s1. The predicted molar refractivity (Wildman–Crippen MR) is 278 cm³/mol. The van der Waals surface area contributed by atoms with E-state index in [0.717, 1.165) is 60.8 Å². The lowest BCUT2D eigenvalue weighted by atomic mass is 9.60. The third-order valence-electron chi connectivity index (χ3n) is 16.1. The van der Waals surface area contributed by atoms with Gasteiger partial charge in [0.25, 0.3) is 19.2 Å². The second kappa shape index (κ2) is 22.5. The van der Waals surface area contributed by atoms with E-state index in [4.69, 9.17) is 29.4 Å². The second-order valence-corrected chi connectivity index (χ2v) is 24.2. The molecule has 17 heteroatoms. The summed E-state index contributed by atoms with van der Waals surface area (Å²) >= 11 is 0. The van der Waals surface area contributed by atoms with Crippen LogP contribution in [0.3, 0.4) is 0 Å². The molecule has 396 valence electrons. The molecule has 4 fully saturated rings. The van der Waals surface area contributed by atoms with Gasteiger partial charge in [0, 0.05) is 42.0 Å². The van der Waals surface area contributed by atoms with E-state index in [1.54, 1.807) is 38.1 Å². The molecule has 10 rings (SSSR count). The van der Waals surface area contributed by atoms with Crippen LogP contribution in [0.15, 0.2) is 143 Å². The molecule has 0 radical (unpaired) electrons. The number of fused-ring (bicyclic) bond motifs is 2. The van der Waals surface area contributed by atoms with E-state index < -0.39 is 77.2 Å². The molecule has 3 N–H and O–H groups in total. The van der Waals surface area contributed by atoms with Crippen LogP contribution >= 0.6 is 10.7 Å². The SMILES string of the molecule is C.C[C@@]12OC(=O)[C@]1([C@@H](O)[C@@H]1C=CCCC1)CC(=O)[C@@H]2CCO.C[C@@]12OC(=O)[C@]1([C@@H](O)[C@@H]1C=CCCC1)CC(=O)[C@@H]2CCOS(=O)(=O)c1ccc(-c2ccccc2)cc1.O=S(=O)(Cl)c1ccc(-c2ccccc2)cc1. The van der Waals surface area contributed by atoms with Gasteiger partial charge in [-0.1, -0.05) is 117 Å². The lowest BCUT2D eigenvalue weighted by Crippen LogP contribution is -2.70. The van der Waals surface area contributed by atoms with Gasteiger partial charge >= 0.3 is 11.9 Å². The highest BCUT2D eigenvalue weighted by Gasteiger charge is 2.79. The van der Waals surface area contributed by atoms with Crippen LogP contribution in [-0.4, -0.2) is 92.3 Å². The van der Waals surface area contributed by atoms with Crippen molar-refractivity contribution < 1.29 is 65.0 Å². The summed E-state index contributed by atoms with van der Waals surface area (Å²) < 4.78 is 63.8. The summed E-state index contributed by atoms with van der Waals surface area (Å²) in [4.78, 5) is 50.3. The molecule has 0 aromatic heterocycles. The topological polar surface area (TPSA) is 225 Å². The van der Waals surface area contributed by atoms with Gasteiger partial charge in [-0.15, -0.1) is 0 Å². The van der Waals surface area contributed by atoms with Crippen molar-refractivity contribution in [1.82, 2.24) is 0 Å². The highest BCUT2D eigenvalue weighted by atomic mass is 35.7. The fraction of sp³-hybridized carbons (Fsp3) is 0.439. The summed E-state index contributed by atoms with van der Waals surface area (Å²) in [7, 11) is -2.44. The molecule has 4 aromatic rings. The Balaban J connectivity index is 0.000000178. The number of allylic oxidation sites excluding steroid dienone is 2. The predicted octanol–water partition coefficient (Wildman–Crippen LogP) is 8.95. The highest BCUT2D eigenvalue weighted by molar-refractivity contribution is 8.13. The monoisotopic (exact) mass is 1070 g/mol. The number of ether oxygens (including phenoxy) is 2. The van der Waals surface area contributed by atoms with Crippen LogP contribution < -0.4 is 0 Å². The maximum Gasteiger partial charge on any atom is 0.319 e. The molecule has 14 nitrogen and oxygen atoms in total. The van der Waals surface area contributed by atoms with E-state index in [-0.39, 0.29) is 79.5 Å². The van der Waals surface area contributed by atoms with Gasteiger partial charge in [-0.05, 0) is 112 Å². The number of carbonyl (C=O) groups is 4. The molecular formula is C57H65ClO14S2. The number of hydrogen-bond donors (Lipinski definition) is 3. The van der Waals surface area contributed by atoms with Gasteiger partial charge in [0.15, 0.2) is 0 Å². The minimum Gasteiger partial charge on any atom is -0.457 e. The maximum absolute atomic E-state index is 13.0. The van der Waals surface area contributed by atoms with Crippen LogP contribution in [0.1, 0.15) is 85.5 Å². The zero-order chi connectivity index (χ0) is 52.4. The normalized spacial score (nSPS) is 29.5. The van der Waals surface area contributed by atoms with Gasteiger partial charge in [-0.2, -0.15) is 8.42 Å². The molecule has 2 heterocycles. The first kappa shape index (κ1) is 56.4. The van der Waals surface area contributed by atoms with Crippen LogP contribution in [0.4, 0.5) is 0 Å². The van der Waals surface area contributed by atoms with Crippen LogP contribution in [-0.2, 0) is 52.0 Å². The number of Topliss-reactive ketones (excluding diaryl/α,β-unsaturated/α-hetero) is 2. The second-order valence-electron chi connectivity index (χ2n) is 20.1. The van der Waals surface area contributed by atoms with Gasteiger partial charge in [-0.25, -0.2) is 8.42 Å². The molecule has 0 spiro atoms. The first-order chi connectivity index (χ1) is 34.7. The summed E-state index contributed by atoms with van der Waals surface area (Å²) in [5, 5.41) is 31.2. The van der Waals surface area contributed by atoms with Gasteiger partial charge in [-0.3, -0.25) is 23.4 Å². The molecule has 0 amide bonds. The maximum atomic E-state index is 13.0. The van der Waals surface area contributed by atoms with Crippen molar-refractivity contribution in [1.29, 1.82) is 0 Å². The highest BCUT2D eigenvalue weighted by Crippen LogP contribution is 2.64. The first-order valence-electron chi connectivity index (χ1n) is 24.7. The minimum absolute atomic E-state index is 0. The molecule has 4 aliphatic carbocycles. The van der Waals surface area contributed by atoms with E-state index in [1.165, 1.54) is 24.3 Å². The van der Waals surface area contributed by atoms with Gasteiger partial charge in [0.1, 0.15) is 33.6 Å². The molecule has 2 saturated carbocycles. The lowest BCUT2D eigenvalue weighted by molar-refractivity contribution is -0.264. The Morgan fingerprint density at radius 2 is 1.00 bits per heavy atom. The summed E-state index contributed by atoms with van der Waals surface area (Å²) in [5.74, 6) is -2.90. The Morgan fingerprint density at radius 1 is 0.608 bits per heavy atom. The van der Waals surface area contributed by atoms with Crippen molar-refractivity contribution in [3.8, 4) is 22.3 Å². The fourth-order valence-electron chi connectivity index (χ4n) is 11.9. The number of esters is 2. The molecule has 0 bridgehead atoms. The van der Waals surface area contributed by atoms with Crippen molar-refractivity contribution in [2.24, 2.45) is 34.5 Å². The zero-order valence-corrected chi connectivity index (χ0v) is 43.1. The number of hydrogen-bond acceptors (Lipinski definition) is 14. The van der Waals surface area contributed by atoms with Gasteiger partial charge in [0.2, 0.25) is 0 Å². The molecule has 4 aromatic carbocycles. The van der Waals surface area contributed by atoms with Crippen molar-refractivity contribution in [2.45, 2.75) is 119 Å². The number of benzene rings is 4. The minimum atomic E-state index is -4.04. The van der Waals surface area contributed by atoms with Crippen LogP contribution in [0.5, 0.6) is 0 Å². The number of aliphatic hydroxyl groups excluding tert-OH is 3. The average Bonchev–Trinajstić information content (AvgIpc) is 3.69. The Kier molecular flexibility index (Phi) is 17.1. The average molecular weight is 1070 g/mol. The first-order valence-corrected chi connectivity index (χ1v) is 28.4. The lowest BCUT2D eigenvalue weighted by Gasteiger charge is -2.55. The Hall–Kier alpha value is -5.33. The zero-order valence-electron chi connectivity index (χ0n) is 40.7. The van der Waals surface area contributed by atoms with Gasteiger partial charge < -0.3 is 24.8 Å². The third kappa shape index (κ3) is 10.4. The van der Waals surface area contributed by atoms with E-state index >= 15 is 0 Å².